The SMILES string of the molecule is O=C1CC(S(=O)(=O)F)CN1c1ccc(F)c(Br)c1F. The van der Waals surface area contributed by atoms with E-state index in [1.165, 1.54) is 0 Å². The van der Waals surface area contributed by atoms with Gasteiger partial charge in [-0.15, -0.1) is 3.89 Å². The maximum atomic E-state index is 13.8. The Kier molecular flexibility index (Phi) is 3.61. The van der Waals surface area contributed by atoms with Crippen LogP contribution < -0.4 is 4.90 Å². The highest BCUT2D eigenvalue weighted by Gasteiger charge is 2.40. The number of hydrogen-bond donors (Lipinski definition) is 0. The molecule has 1 aliphatic rings. The number of rotatable bonds is 2. The number of amides is 1. The maximum absolute atomic E-state index is 13.8. The summed E-state index contributed by atoms with van der Waals surface area (Å²) in [7, 11) is -4.88. The van der Waals surface area contributed by atoms with Crippen LogP contribution in [-0.4, -0.2) is 26.1 Å². The lowest BCUT2D eigenvalue weighted by Gasteiger charge is -2.17. The van der Waals surface area contributed by atoms with Gasteiger partial charge in [0.2, 0.25) is 5.91 Å². The molecule has 2 rings (SSSR count). The lowest BCUT2D eigenvalue weighted by atomic mass is 10.2. The third-order valence-corrected chi connectivity index (χ3v) is 4.63. The van der Waals surface area contributed by atoms with Gasteiger partial charge >= 0.3 is 10.2 Å². The van der Waals surface area contributed by atoms with Gasteiger partial charge in [0.15, 0.2) is 5.82 Å². The van der Waals surface area contributed by atoms with Crippen molar-refractivity contribution in [1.29, 1.82) is 0 Å². The average molecular weight is 358 g/mol. The number of carbonyl (C=O) groups is 1. The first-order valence-electron chi connectivity index (χ1n) is 5.09. The first kappa shape index (κ1) is 14.3. The van der Waals surface area contributed by atoms with E-state index in [0.29, 0.717) is 0 Å². The highest BCUT2D eigenvalue weighted by Crippen LogP contribution is 2.32. The van der Waals surface area contributed by atoms with Crippen LogP contribution in [-0.2, 0) is 15.0 Å². The van der Waals surface area contributed by atoms with Crippen LogP contribution in [0.25, 0.3) is 0 Å². The molecule has 104 valence electrons. The van der Waals surface area contributed by atoms with E-state index >= 15 is 0 Å². The second-order valence-electron chi connectivity index (χ2n) is 4.00. The van der Waals surface area contributed by atoms with Crippen LogP contribution in [0.4, 0.5) is 18.4 Å². The number of halogens is 4. The van der Waals surface area contributed by atoms with E-state index in [2.05, 4.69) is 15.9 Å². The third-order valence-electron chi connectivity index (χ3n) is 2.79. The lowest BCUT2D eigenvalue weighted by molar-refractivity contribution is -0.117. The summed E-state index contributed by atoms with van der Waals surface area (Å²) in [5, 5.41) is -1.52. The van der Waals surface area contributed by atoms with E-state index in [4.69, 9.17) is 0 Å². The predicted molar refractivity (Wildman–Crippen MR) is 64.8 cm³/mol. The molecule has 1 aromatic carbocycles. The molecular formula is C10H7BrF3NO3S. The third kappa shape index (κ3) is 2.62. The fourth-order valence-electron chi connectivity index (χ4n) is 1.82. The van der Waals surface area contributed by atoms with Crippen molar-refractivity contribution >= 4 is 37.7 Å². The standard InChI is InChI=1S/C10H7BrF3NO3S/c11-9-6(12)1-2-7(10(9)13)15-4-5(3-8(15)16)19(14,17)18/h1-2,5H,3-4H2. The highest BCUT2D eigenvalue weighted by molar-refractivity contribution is 9.10. The van der Waals surface area contributed by atoms with Crippen molar-refractivity contribution in [3.05, 3.63) is 28.2 Å². The molecule has 1 aromatic rings. The van der Waals surface area contributed by atoms with Crippen molar-refractivity contribution in [2.75, 3.05) is 11.4 Å². The molecule has 0 N–H and O–H groups in total. The van der Waals surface area contributed by atoms with Gasteiger partial charge in [-0.2, -0.15) is 8.42 Å². The summed E-state index contributed by atoms with van der Waals surface area (Å²) < 4.78 is 60.7. The van der Waals surface area contributed by atoms with Crippen LogP contribution in [0.5, 0.6) is 0 Å². The minimum absolute atomic E-state index is 0.288. The summed E-state index contributed by atoms with van der Waals surface area (Å²) in [5.41, 5.74) is -0.288. The number of nitrogens with zero attached hydrogens (tertiary/aromatic N) is 1. The first-order valence-corrected chi connectivity index (χ1v) is 7.33. The van der Waals surface area contributed by atoms with Gasteiger partial charge in [0.25, 0.3) is 0 Å². The van der Waals surface area contributed by atoms with E-state index in [0.717, 1.165) is 17.0 Å². The molecule has 1 amide bonds. The van der Waals surface area contributed by atoms with Gasteiger partial charge in [0.05, 0.1) is 10.2 Å². The Labute approximate surface area is 115 Å². The molecule has 0 aromatic heterocycles. The average Bonchev–Trinajstić information content (AvgIpc) is 2.68. The van der Waals surface area contributed by atoms with Crippen molar-refractivity contribution < 1.29 is 25.9 Å². The molecule has 0 radical (unpaired) electrons. The van der Waals surface area contributed by atoms with Crippen LogP contribution in [0, 0.1) is 11.6 Å². The van der Waals surface area contributed by atoms with Crippen LogP contribution in [0.3, 0.4) is 0 Å². The van der Waals surface area contributed by atoms with E-state index in [9.17, 15) is 25.9 Å². The maximum Gasteiger partial charge on any atom is 0.307 e. The van der Waals surface area contributed by atoms with Crippen LogP contribution >= 0.6 is 15.9 Å². The molecule has 0 aliphatic carbocycles. The Morgan fingerprint density at radius 3 is 2.47 bits per heavy atom. The second-order valence-corrected chi connectivity index (χ2v) is 6.41. The Hall–Kier alpha value is -1.09. The molecule has 1 fully saturated rings. The number of hydrogen-bond acceptors (Lipinski definition) is 3. The number of anilines is 1. The van der Waals surface area contributed by atoms with Gasteiger partial charge in [-0.25, -0.2) is 8.78 Å². The summed E-state index contributed by atoms with van der Waals surface area (Å²) >= 11 is 2.67. The zero-order valence-electron chi connectivity index (χ0n) is 9.24. The Morgan fingerprint density at radius 2 is 1.95 bits per heavy atom. The highest BCUT2D eigenvalue weighted by atomic mass is 79.9. The minimum atomic E-state index is -4.88. The van der Waals surface area contributed by atoms with Gasteiger partial charge in [-0.1, -0.05) is 0 Å². The molecule has 0 spiro atoms. The van der Waals surface area contributed by atoms with Gasteiger partial charge in [0.1, 0.15) is 11.1 Å². The van der Waals surface area contributed by atoms with E-state index in [-0.39, 0.29) is 5.69 Å². The molecule has 9 heteroatoms. The monoisotopic (exact) mass is 357 g/mol. The lowest BCUT2D eigenvalue weighted by Crippen LogP contribution is -2.27. The van der Waals surface area contributed by atoms with Crippen molar-refractivity contribution in [3.8, 4) is 0 Å². The molecule has 1 heterocycles. The quantitative estimate of drug-likeness (QED) is 0.601. The Balaban J connectivity index is 2.39. The summed E-state index contributed by atoms with van der Waals surface area (Å²) in [6.45, 7) is -0.493. The fourth-order valence-corrected chi connectivity index (χ4v) is 2.82. The van der Waals surface area contributed by atoms with Crippen molar-refractivity contribution in [2.24, 2.45) is 0 Å². The largest absolute Gasteiger partial charge is 0.308 e. The number of benzene rings is 1. The second kappa shape index (κ2) is 4.78. The van der Waals surface area contributed by atoms with Crippen LogP contribution in [0.2, 0.25) is 0 Å². The van der Waals surface area contributed by atoms with Gasteiger partial charge in [0, 0.05) is 13.0 Å². The molecule has 19 heavy (non-hydrogen) atoms. The first-order chi connectivity index (χ1) is 8.71. The summed E-state index contributed by atoms with van der Waals surface area (Å²) in [4.78, 5) is 12.4. The zero-order valence-corrected chi connectivity index (χ0v) is 11.6. The smallest absolute Gasteiger partial charge is 0.307 e. The molecule has 4 nitrogen and oxygen atoms in total. The Bertz CT molecular complexity index is 650. The summed E-state index contributed by atoms with van der Waals surface area (Å²) in [5.74, 6) is -2.63. The molecule has 1 aliphatic heterocycles. The molecule has 1 atom stereocenters. The minimum Gasteiger partial charge on any atom is -0.308 e. The normalized spacial score (nSPS) is 20.1. The van der Waals surface area contributed by atoms with Crippen molar-refractivity contribution in [3.63, 3.8) is 0 Å². The molecule has 0 saturated carbocycles. The molecule has 1 saturated heterocycles. The Morgan fingerprint density at radius 1 is 1.32 bits per heavy atom. The molecular weight excluding hydrogens is 351 g/mol. The van der Waals surface area contributed by atoms with Gasteiger partial charge in [-0.05, 0) is 28.1 Å². The zero-order chi connectivity index (χ0) is 14.4. The predicted octanol–water partition coefficient (Wildman–Crippen LogP) is 2.13. The molecule has 0 bridgehead atoms. The molecule has 1 unspecified atom stereocenters. The van der Waals surface area contributed by atoms with E-state index in [1.807, 2.05) is 0 Å². The topological polar surface area (TPSA) is 54.5 Å². The van der Waals surface area contributed by atoms with Crippen molar-refractivity contribution in [1.82, 2.24) is 0 Å². The van der Waals surface area contributed by atoms with Crippen molar-refractivity contribution in [2.45, 2.75) is 11.7 Å². The van der Waals surface area contributed by atoms with Gasteiger partial charge in [-0.3, -0.25) is 4.79 Å². The van der Waals surface area contributed by atoms with Crippen LogP contribution in [0.1, 0.15) is 6.42 Å². The van der Waals surface area contributed by atoms with E-state index in [1.54, 1.807) is 0 Å². The van der Waals surface area contributed by atoms with E-state index < -0.39 is 50.5 Å². The summed E-state index contributed by atoms with van der Waals surface area (Å²) in [6, 6.07) is 1.92. The van der Waals surface area contributed by atoms with Crippen LogP contribution in [0.15, 0.2) is 16.6 Å². The number of carbonyl (C=O) groups excluding carboxylic acids is 1. The fraction of sp³-hybridized carbons (Fsp3) is 0.300. The van der Waals surface area contributed by atoms with Gasteiger partial charge < -0.3 is 4.90 Å². The summed E-state index contributed by atoms with van der Waals surface area (Å²) in [6.07, 6.45) is -0.562.